The lowest BCUT2D eigenvalue weighted by Gasteiger charge is -2.18. The molecule has 0 bridgehead atoms. The van der Waals surface area contributed by atoms with E-state index in [9.17, 15) is 4.79 Å². The standard InChI is InChI=1S/C17H18N2O2/c20-17(21-12-13-4-2-1-3-5-13)19-16-7-6-15-11-18-9-8-14(15)10-16/h1-7,10,18H,8-9,11-12H2,(H,19,20). The van der Waals surface area contributed by atoms with Gasteiger partial charge in [-0.2, -0.15) is 0 Å². The van der Waals surface area contributed by atoms with Crippen molar-refractivity contribution in [2.24, 2.45) is 0 Å². The minimum atomic E-state index is -0.423. The molecule has 1 amide bonds. The predicted molar refractivity (Wildman–Crippen MR) is 82.1 cm³/mol. The molecule has 0 atom stereocenters. The van der Waals surface area contributed by atoms with Crippen molar-refractivity contribution in [2.75, 3.05) is 11.9 Å². The number of anilines is 1. The van der Waals surface area contributed by atoms with E-state index in [2.05, 4.69) is 10.6 Å². The van der Waals surface area contributed by atoms with Gasteiger partial charge in [-0.1, -0.05) is 36.4 Å². The van der Waals surface area contributed by atoms with Gasteiger partial charge in [-0.25, -0.2) is 4.79 Å². The highest BCUT2D eigenvalue weighted by Gasteiger charge is 2.10. The van der Waals surface area contributed by atoms with Crippen LogP contribution in [0.25, 0.3) is 0 Å². The fraction of sp³-hybridized carbons (Fsp3) is 0.235. The van der Waals surface area contributed by atoms with E-state index >= 15 is 0 Å². The summed E-state index contributed by atoms with van der Waals surface area (Å²) in [5.41, 5.74) is 4.34. The van der Waals surface area contributed by atoms with Crippen molar-refractivity contribution in [1.82, 2.24) is 5.32 Å². The zero-order valence-electron chi connectivity index (χ0n) is 11.8. The number of benzene rings is 2. The van der Waals surface area contributed by atoms with E-state index in [1.807, 2.05) is 48.5 Å². The molecule has 0 spiro atoms. The summed E-state index contributed by atoms with van der Waals surface area (Å²) in [5, 5.41) is 6.11. The lowest BCUT2D eigenvalue weighted by molar-refractivity contribution is 0.155. The summed E-state index contributed by atoms with van der Waals surface area (Å²) in [6.07, 6.45) is 0.567. The van der Waals surface area contributed by atoms with Gasteiger partial charge in [0.1, 0.15) is 6.61 Å². The number of rotatable bonds is 3. The van der Waals surface area contributed by atoms with Crippen molar-refractivity contribution in [3.8, 4) is 0 Å². The molecule has 108 valence electrons. The third-order valence-electron chi connectivity index (χ3n) is 3.55. The Balaban J connectivity index is 1.57. The molecule has 0 saturated carbocycles. The zero-order chi connectivity index (χ0) is 14.5. The third kappa shape index (κ3) is 3.61. The Morgan fingerprint density at radius 3 is 2.86 bits per heavy atom. The first-order valence-electron chi connectivity index (χ1n) is 7.11. The normalized spacial score (nSPS) is 13.3. The Morgan fingerprint density at radius 2 is 2.00 bits per heavy atom. The van der Waals surface area contributed by atoms with Crippen LogP contribution in [0, 0.1) is 0 Å². The summed E-state index contributed by atoms with van der Waals surface area (Å²) >= 11 is 0. The Bertz CT molecular complexity index is 626. The Labute approximate surface area is 124 Å². The highest BCUT2D eigenvalue weighted by molar-refractivity contribution is 5.84. The predicted octanol–water partition coefficient (Wildman–Crippen LogP) is 3.08. The second-order valence-corrected chi connectivity index (χ2v) is 5.10. The summed E-state index contributed by atoms with van der Waals surface area (Å²) in [6, 6.07) is 15.6. The number of ether oxygens (including phenoxy) is 1. The van der Waals surface area contributed by atoms with E-state index in [-0.39, 0.29) is 6.61 Å². The van der Waals surface area contributed by atoms with E-state index in [4.69, 9.17) is 4.74 Å². The quantitative estimate of drug-likeness (QED) is 0.909. The highest BCUT2D eigenvalue weighted by atomic mass is 16.5. The summed E-state index contributed by atoms with van der Waals surface area (Å²) in [6.45, 7) is 2.16. The molecule has 0 fully saturated rings. The van der Waals surface area contributed by atoms with Crippen LogP contribution in [-0.2, 0) is 24.3 Å². The molecule has 1 heterocycles. The summed E-state index contributed by atoms with van der Waals surface area (Å²) < 4.78 is 5.21. The average molecular weight is 282 g/mol. The van der Waals surface area contributed by atoms with E-state index in [1.165, 1.54) is 11.1 Å². The maximum absolute atomic E-state index is 11.8. The molecule has 0 saturated heterocycles. The molecule has 0 aliphatic carbocycles. The van der Waals surface area contributed by atoms with Crippen molar-refractivity contribution in [2.45, 2.75) is 19.6 Å². The number of nitrogens with one attached hydrogen (secondary N) is 2. The highest BCUT2D eigenvalue weighted by Crippen LogP contribution is 2.19. The molecule has 21 heavy (non-hydrogen) atoms. The van der Waals surface area contributed by atoms with Crippen molar-refractivity contribution in [1.29, 1.82) is 0 Å². The number of carbonyl (C=O) groups is 1. The van der Waals surface area contributed by atoms with Gasteiger partial charge in [0.05, 0.1) is 0 Å². The maximum atomic E-state index is 11.8. The average Bonchev–Trinajstić information content (AvgIpc) is 2.54. The van der Waals surface area contributed by atoms with E-state index in [0.29, 0.717) is 0 Å². The molecule has 0 radical (unpaired) electrons. The topological polar surface area (TPSA) is 50.4 Å². The first kappa shape index (κ1) is 13.6. The second kappa shape index (κ2) is 6.41. The van der Waals surface area contributed by atoms with Crippen LogP contribution in [0.1, 0.15) is 16.7 Å². The molecule has 1 aliphatic rings. The molecule has 0 unspecified atom stereocenters. The summed E-state index contributed by atoms with van der Waals surface area (Å²) in [5.74, 6) is 0. The number of hydrogen-bond acceptors (Lipinski definition) is 3. The van der Waals surface area contributed by atoms with Gasteiger partial charge in [0.25, 0.3) is 0 Å². The first-order chi connectivity index (χ1) is 10.3. The number of amides is 1. The van der Waals surface area contributed by atoms with Crippen LogP contribution in [0.4, 0.5) is 10.5 Å². The van der Waals surface area contributed by atoms with Gasteiger partial charge >= 0.3 is 6.09 Å². The maximum Gasteiger partial charge on any atom is 0.411 e. The minimum absolute atomic E-state index is 0.279. The number of fused-ring (bicyclic) bond motifs is 1. The molecule has 1 aliphatic heterocycles. The molecule has 4 heteroatoms. The molecular weight excluding hydrogens is 264 g/mol. The van der Waals surface area contributed by atoms with Crippen LogP contribution < -0.4 is 10.6 Å². The van der Waals surface area contributed by atoms with E-state index in [0.717, 1.165) is 30.8 Å². The van der Waals surface area contributed by atoms with Gasteiger partial charge in [0, 0.05) is 12.2 Å². The third-order valence-corrected chi connectivity index (χ3v) is 3.55. The molecule has 0 aromatic heterocycles. The smallest absolute Gasteiger partial charge is 0.411 e. The van der Waals surface area contributed by atoms with Crippen molar-refractivity contribution < 1.29 is 9.53 Å². The van der Waals surface area contributed by atoms with E-state index < -0.39 is 6.09 Å². The van der Waals surface area contributed by atoms with Crippen molar-refractivity contribution >= 4 is 11.8 Å². The van der Waals surface area contributed by atoms with E-state index in [1.54, 1.807) is 0 Å². The molecule has 2 N–H and O–H groups in total. The van der Waals surface area contributed by atoms with Gasteiger partial charge < -0.3 is 10.1 Å². The molecule has 4 nitrogen and oxygen atoms in total. The van der Waals surface area contributed by atoms with Crippen LogP contribution in [-0.4, -0.2) is 12.6 Å². The number of carbonyl (C=O) groups excluding carboxylic acids is 1. The summed E-state index contributed by atoms with van der Waals surface area (Å²) in [7, 11) is 0. The summed E-state index contributed by atoms with van der Waals surface area (Å²) in [4.78, 5) is 11.8. The minimum Gasteiger partial charge on any atom is -0.444 e. The molecular formula is C17H18N2O2. The van der Waals surface area contributed by atoms with Gasteiger partial charge in [0.2, 0.25) is 0 Å². The molecule has 2 aromatic carbocycles. The SMILES string of the molecule is O=C(Nc1ccc2c(c1)CCNC2)OCc1ccccc1. The Kier molecular flexibility index (Phi) is 4.17. The fourth-order valence-corrected chi connectivity index (χ4v) is 2.43. The molecule has 3 rings (SSSR count). The number of hydrogen-bond donors (Lipinski definition) is 2. The van der Waals surface area contributed by atoms with Crippen LogP contribution in [0.15, 0.2) is 48.5 Å². The van der Waals surface area contributed by atoms with Crippen molar-refractivity contribution in [3.05, 3.63) is 65.2 Å². The monoisotopic (exact) mass is 282 g/mol. The lowest BCUT2D eigenvalue weighted by Crippen LogP contribution is -2.23. The van der Waals surface area contributed by atoms with Crippen LogP contribution >= 0.6 is 0 Å². The van der Waals surface area contributed by atoms with Gasteiger partial charge in [0.15, 0.2) is 0 Å². The van der Waals surface area contributed by atoms with Crippen molar-refractivity contribution in [3.63, 3.8) is 0 Å². The first-order valence-corrected chi connectivity index (χ1v) is 7.11. The van der Waals surface area contributed by atoms with Gasteiger partial charge in [-0.3, -0.25) is 5.32 Å². The second-order valence-electron chi connectivity index (χ2n) is 5.10. The van der Waals surface area contributed by atoms with Gasteiger partial charge in [-0.15, -0.1) is 0 Å². The zero-order valence-corrected chi connectivity index (χ0v) is 11.8. The largest absolute Gasteiger partial charge is 0.444 e. The Morgan fingerprint density at radius 1 is 1.14 bits per heavy atom. The fourth-order valence-electron chi connectivity index (χ4n) is 2.43. The lowest BCUT2D eigenvalue weighted by atomic mass is 10.0. The van der Waals surface area contributed by atoms with Crippen LogP contribution in [0.5, 0.6) is 0 Å². The Hall–Kier alpha value is -2.33. The van der Waals surface area contributed by atoms with Crippen LogP contribution in [0.3, 0.4) is 0 Å². The van der Waals surface area contributed by atoms with Crippen LogP contribution in [0.2, 0.25) is 0 Å². The molecule has 2 aromatic rings. The van der Waals surface area contributed by atoms with Gasteiger partial charge in [-0.05, 0) is 41.8 Å².